The smallest absolute Gasteiger partial charge is 0.117 e. The standard InChI is InChI=1S/C15H26N2O/c1-3-17(12-15-9-6-10-18-15)13(2)11-16-14-7-4-5-8-14/h6,9-10,13-14,16H,3-5,7-8,11-12H2,1-2H3. The van der Waals surface area contributed by atoms with Gasteiger partial charge in [-0.2, -0.15) is 0 Å². The molecule has 3 nitrogen and oxygen atoms in total. The van der Waals surface area contributed by atoms with Crippen LogP contribution in [-0.4, -0.2) is 30.1 Å². The van der Waals surface area contributed by atoms with Gasteiger partial charge in [0, 0.05) is 18.6 Å². The molecule has 1 unspecified atom stereocenters. The maximum Gasteiger partial charge on any atom is 0.117 e. The molecule has 1 aromatic rings. The van der Waals surface area contributed by atoms with E-state index in [0.29, 0.717) is 6.04 Å². The molecule has 0 spiro atoms. The third kappa shape index (κ3) is 3.85. The van der Waals surface area contributed by atoms with Crippen LogP contribution in [0.2, 0.25) is 0 Å². The topological polar surface area (TPSA) is 28.4 Å². The van der Waals surface area contributed by atoms with Gasteiger partial charge in [-0.3, -0.25) is 4.90 Å². The van der Waals surface area contributed by atoms with E-state index >= 15 is 0 Å². The lowest BCUT2D eigenvalue weighted by molar-refractivity contribution is 0.187. The quantitative estimate of drug-likeness (QED) is 0.806. The van der Waals surface area contributed by atoms with Crippen LogP contribution in [0.4, 0.5) is 0 Å². The zero-order valence-corrected chi connectivity index (χ0v) is 11.7. The molecule has 18 heavy (non-hydrogen) atoms. The van der Waals surface area contributed by atoms with Crippen LogP contribution in [0.25, 0.3) is 0 Å². The highest BCUT2D eigenvalue weighted by atomic mass is 16.3. The summed E-state index contributed by atoms with van der Waals surface area (Å²) in [5, 5.41) is 3.70. The van der Waals surface area contributed by atoms with Crippen molar-refractivity contribution < 1.29 is 4.42 Å². The first-order valence-electron chi connectivity index (χ1n) is 7.29. The maximum atomic E-state index is 5.43. The zero-order valence-electron chi connectivity index (χ0n) is 11.7. The number of hydrogen-bond acceptors (Lipinski definition) is 3. The minimum atomic E-state index is 0.556. The minimum absolute atomic E-state index is 0.556. The molecule has 0 aromatic carbocycles. The minimum Gasteiger partial charge on any atom is -0.468 e. The number of rotatable bonds is 7. The largest absolute Gasteiger partial charge is 0.468 e. The van der Waals surface area contributed by atoms with Gasteiger partial charge in [-0.1, -0.05) is 19.8 Å². The predicted molar refractivity (Wildman–Crippen MR) is 74.5 cm³/mol. The molecular weight excluding hydrogens is 224 g/mol. The highest BCUT2D eigenvalue weighted by Gasteiger charge is 2.18. The molecule has 1 fully saturated rings. The van der Waals surface area contributed by atoms with E-state index in [1.165, 1.54) is 25.7 Å². The molecular formula is C15H26N2O. The van der Waals surface area contributed by atoms with Crippen molar-refractivity contribution in [1.82, 2.24) is 10.2 Å². The molecule has 1 aromatic heterocycles. The van der Waals surface area contributed by atoms with Gasteiger partial charge in [0.05, 0.1) is 12.8 Å². The van der Waals surface area contributed by atoms with Gasteiger partial charge in [0.2, 0.25) is 0 Å². The summed E-state index contributed by atoms with van der Waals surface area (Å²) in [7, 11) is 0. The van der Waals surface area contributed by atoms with Crippen LogP contribution in [0.1, 0.15) is 45.3 Å². The third-order valence-corrected chi connectivity index (χ3v) is 4.03. The predicted octanol–water partition coefficient (Wildman–Crippen LogP) is 3.02. The van der Waals surface area contributed by atoms with Crippen LogP contribution in [0.15, 0.2) is 22.8 Å². The lowest BCUT2D eigenvalue weighted by atomic mass is 10.2. The van der Waals surface area contributed by atoms with Gasteiger partial charge in [-0.15, -0.1) is 0 Å². The SMILES string of the molecule is CCN(Cc1ccco1)C(C)CNC1CCCC1. The monoisotopic (exact) mass is 250 g/mol. The van der Waals surface area contributed by atoms with Crippen molar-refractivity contribution in [2.45, 2.75) is 58.2 Å². The van der Waals surface area contributed by atoms with Crippen molar-refractivity contribution in [3.05, 3.63) is 24.2 Å². The van der Waals surface area contributed by atoms with E-state index in [1.807, 2.05) is 6.07 Å². The Morgan fingerprint density at radius 1 is 1.44 bits per heavy atom. The first-order valence-corrected chi connectivity index (χ1v) is 7.29. The van der Waals surface area contributed by atoms with E-state index in [9.17, 15) is 0 Å². The fourth-order valence-corrected chi connectivity index (χ4v) is 2.78. The Kier molecular flexibility index (Phi) is 5.26. The summed E-state index contributed by atoms with van der Waals surface area (Å²) < 4.78 is 5.43. The van der Waals surface area contributed by atoms with Gasteiger partial charge in [0.25, 0.3) is 0 Å². The summed E-state index contributed by atoms with van der Waals surface area (Å²) in [6.45, 7) is 7.58. The summed E-state index contributed by atoms with van der Waals surface area (Å²) in [5.74, 6) is 1.06. The Balaban J connectivity index is 1.75. The molecule has 1 atom stereocenters. The molecule has 3 heteroatoms. The van der Waals surface area contributed by atoms with E-state index in [-0.39, 0.29) is 0 Å². The maximum absolute atomic E-state index is 5.43. The molecule has 102 valence electrons. The summed E-state index contributed by atoms with van der Waals surface area (Å²) in [6.07, 6.45) is 7.27. The van der Waals surface area contributed by atoms with E-state index in [0.717, 1.165) is 31.4 Å². The number of nitrogens with zero attached hydrogens (tertiary/aromatic N) is 1. The van der Waals surface area contributed by atoms with Crippen LogP contribution < -0.4 is 5.32 Å². The van der Waals surface area contributed by atoms with Crippen molar-refractivity contribution in [1.29, 1.82) is 0 Å². The fourth-order valence-electron chi connectivity index (χ4n) is 2.78. The van der Waals surface area contributed by atoms with Crippen molar-refractivity contribution in [3.8, 4) is 0 Å². The van der Waals surface area contributed by atoms with Crippen molar-refractivity contribution in [2.24, 2.45) is 0 Å². The lowest BCUT2D eigenvalue weighted by Crippen LogP contribution is -2.42. The van der Waals surface area contributed by atoms with Crippen LogP contribution in [-0.2, 0) is 6.54 Å². The number of hydrogen-bond donors (Lipinski definition) is 1. The number of likely N-dealkylation sites (N-methyl/N-ethyl adjacent to an activating group) is 1. The Morgan fingerprint density at radius 2 is 2.22 bits per heavy atom. The second kappa shape index (κ2) is 6.95. The summed E-state index contributed by atoms with van der Waals surface area (Å²) in [5.41, 5.74) is 0. The van der Waals surface area contributed by atoms with Gasteiger partial charge in [-0.05, 0) is 38.4 Å². The van der Waals surface area contributed by atoms with Crippen LogP contribution in [0, 0.1) is 0 Å². The lowest BCUT2D eigenvalue weighted by Gasteiger charge is -2.28. The average molecular weight is 250 g/mol. The van der Waals surface area contributed by atoms with Crippen molar-refractivity contribution >= 4 is 0 Å². The highest BCUT2D eigenvalue weighted by Crippen LogP contribution is 2.17. The van der Waals surface area contributed by atoms with Gasteiger partial charge in [-0.25, -0.2) is 0 Å². The van der Waals surface area contributed by atoms with Crippen molar-refractivity contribution in [2.75, 3.05) is 13.1 Å². The fraction of sp³-hybridized carbons (Fsp3) is 0.733. The molecule has 0 bridgehead atoms. The Labute approximate surface area is 111 Å². The second-order valence-electron chi connectivity index (χ2n) is 5.38. The van der Waals surface area contributed by atoms with E-state index in [1.54, 1.807) is 6.26 Å². The molecule has 2 rings (SSSR count). The Bertz CT molecular complexity index is 317. The zero-order chi connectivity index (χ0) is 12.8. The average Bonchev–Trinajstić information content (AvgIpc) is 3.06. The van der Waals surface area contributed by atoms with Crippen LogP contribution >= 0.6 is 0 Å². The van der Waals surface area contributed by atoms with Crippen molar-refractivity contribution in [3.63, 3.8) is 0 Å². The molecule has 1 heterocycles. The molecule has 0 aliphatic heterocycles. The first-order chi connectivity index (χ1) is 8.79. The van der Waals surface area contributed by atoms with Gasteiger partial charge >= 0.3 is 0 Å². The summed E-state index contributed by atoms with van der Waals surface area (Å²) in [6, 6.07) is 5.33. The molecule has 1 N–H and O–H groups in total. The summed E-state index contributed by atoms with van der Waals surface area (Å²) >= 11 is 0. The van der Waals surface area contributed by atoms with E-state index < -0.39 is 0 Å². The second-order valence-corrected chi connectivity index (χ2v) is 5.38. The van der Waals surface area contributed by atoms with Gasteiger partial charge in [0.15, 0.2) is 0 Å². The van der Waals surface area contributed by atoms with Crippen LogP contribution in [0.3, 0.4) is 0 Å². The number of nitrogens with one attached hydrogen (secondary N) is 1. The molecule has 0 radical (unpaired) electrons. The first kappa shape index (κ1) is 13.6. The van der Waals surface area contributed by atoms with Gasteiger partial charge in [0.1, 0.15) is 5.76 Å². The van der Waals surface area contributed by atoms with E-state index in [2.05, 4.69) is 30.1 Å². The number of furan rings is 1. The molecule has 0 amide bonds. The normalized spacial score (nSPS) is 18.6. The molecule has 1 aliphatic carbocycles. The molecule has 1 saturated carbocycles. The summed E-state index contributed by atoms with van der Waals surface area (Å²) in [4.78, 5) is 2.46. The van der Waals surface area contributed by atoms with Crippen LogP contribution in [0.5, 0.6) is 0 Å². The Hall–Kier alpha value is -0.800. The Morgan fingerprint density at radius 3 is 2.83 bits per heavy atom. The van der Waals surface area contributed by atoms with E-state index in [4.69, 9.17) is 4.42 Å². The van der Waals surface area contributed by atoms with Gasteiger partial charge < -0.3 is 9.73 Å². The molecule has 1 aliphatic rings. The third-order valence-electron chi connectivity index (χ3n) is 4.03. The highest BCUT2D eigenvalue weighted by molar-refractivity contribution is 4.98. The molecule has 0 saturated heterocycles.